The molecule has 3 aliphatic rings. The molecular formula is C16H29N3S. The predicted molar refractivity (Wildman–Crippen MR) is 88.5 cm³/mol. The third kappa shape index (κ3) is 3.63. The summed E-state index contributed by atoms with van der Waals surface area (Å²) in [6, 6.07) is 0. The van der Waals surface area contributed by atoms with Crippen molar-refractivity contribution >= 4 is 17.7 Å². The van der Waals surface area contributed by atoms with Crippen LogP contribution in [0.15, 0.2) is 4.99 Å². The fourth-order valence-corrected chi connectivity index (χ4v) is 5.22. The number of hydrogen-bond acceptors (Lipinski definition) is 2. The van der Waals surface area contributed by atoms with E-state index in [1.807, 2.05) is 7.05 Å². The lowest BCUT2D eigenvalue weighted by atomic mass is 9.87. The van der Waals surface area contributed by atoms with Crippen molar-refractivity contribution in [1.29, 1.82) is 0 Å². The average molecular weight is 295 g/mol. The first-order valence-electron chi connectivity index (χ1n) is 8.41. The second-order valence-electron chi connectivity index (χ2n) is 6.72. The maximum atomic E-state index is 4.53. The SMILES string of the molecule is CN=C(NCCC1CC1)N1CCSC2(CCCCC2)C1. The van der Waals surface area contributed by atoms with Crippen LogP contribution in [0.1, 0.15) is 51.4 Å². The number of rotatable bonds is 3. The van der Waals surface area contributed by atoms with Gasteiger partial charge in [-0.2, -0.15) is 11.8 Å². The molecule has 1 aliphatic heterocycles. The largest absolute Gasteiger partial charge is 0.356 e. The Labute approximate surface area is 128 Å². The molecule has 1 saturated heterocycles. The van der Waals surface area contributed by atoms with E-state index in [1.165, 1.54) is 63.7 Å². The van der Waals surface area contributed by atoms with E-state index in [2.05, 4.69) is 27.0 Å². The summed E-state index contributed by atoms with van der Waals surface area (Å²) < 4.78 is 0.532. The van der Waals surface area contributed by atoms with Crippen LogP contribution in [0.5, 0.6) is 0 Å². The Kier molecular flexibility index (Phi) is 4.79. The minimum Gasteiger partial charge on any atom is -0.356 e. The van der Waals surface area contributed by atoms with Gasteiger partial charge in [-0.3, -0.25) is 4.99 Å². The van der Waals surface area contributed by atoms with Gasteiger partial charge in [-0.15, -0.1) is 0 Å². The molecule has 2 saturated carbocycles. The van der Waals surface area contributed by atoms with E-state index in [1.54, 1.807) is 0 Å². The van der Waals surface area contributed by atoms with Gasteiger partial charge < -0.3 is 10.2 Å². The smallest absolute Gasteiger partial charge is 0.193 e. The van der Waals surface area contributed by atoms with Crippen LogP contribution in [0.2, 0.25) is 0 Å². The lowest BCUT2D eigenvalue weighted by Gasteiger charge is -2.45. The highest BCUT2D eigenvalue weighted by molar-refractivity contribution is 8.00. The van der Waals surface area contributed by atoms with E-state index >= 15 is 0 Å². The van der Waals surface area contributed by atoms with Crippen molar-refractivity contribution in [3.8, 4) is 0 Å². The Morgan fingerprint density at radius 1 is 1.30 bits per heavy atom. The van der Waals surface area contributed by atoms with Crippen LogP contribution in [0, 0.1) is 5.92 Å². The van der Waals surface area contributed by atoms with Crippen LogP contribution < -0.4 is 5.32 Å². The first-order valence-corrected chi connectivity index (χ1v) is 9.39. The number of thioether (sulfide) groups is 1. The van der Waals surface area contributed by atoms with Crippen LogP contribution in [-0.4, -0.2) is 48.0 Å². The minimum atomic E-state index is 0.532. The van der Waals surface area contributed by atoms with Crippen molar-refractivity contribution in [2.24, 2.45) is 10.9 Å². The summed E-state index contributed by atoms with van der Waals surface area (Å²) in [6.07, 6.45) is 11.3. The molecule has 0 aromatic rings. The molecule has 3 rings (SSSR count). The van der Waals surface area contributed by atoms with E-state index in [0.29, 0.717) is 4.75 Å². The minimum absolute atomic E-state index is 0.532. The lowest BCUT2D eigenvalue weighted by Crippen LogP contribution is -2.53. The normalized spacial score (nSPS) is 26.9. The van der Waals surface area contributed by atoms with E-state index < -0.39 is 0 Å². The molecule has 1 spiro atoms. The van der Waals surface area contributed by atoms with Crippen molar-refractivity contribution in [2.45, 2.75) is 56.1 Å². The van der Waals surface area contributed by atoms with Gasteiger partial charge in [0.15, 0.2) is 5.96 Å². The quantitative estimate of drug-likeness (QED) is 0.640. The monoisotopic (exact) mass is 295 g/mol. The molecule has 3 fully saturated rings. The highest BCUT2D eigenvalue weighted by Gasteiger charge is 2.38. The molecule has 0 atom stereocenters. The zero-order valence-electron chi connectivity index (χ0n) is 12.9. The number of nitrogens with one attached hydrogen (secondary N) is 1. The Morgan fingerprint density at radius 2 is 2.10 bits per heavy atom. The Morgan fingerprint density at radius 3 is 2.80 bits per heavy atom. The van der Waals surface area contributed by atoms with Gasteiger partial charge in [0.2, 0.25) is 0 Å². The van der Waals surface area contributed by atoms with Gasteiger partial charge in [-0.25, -0.2) is 0 Å². The maximum absolute atomic E-state index is 4.53. The second-order valence-corrected chi connectivity index (χ2v) is 8.28. The van der Waals surface area contributed by atoms with E-state index in [-0.39, 0.29) is 0 Å². The summed E-state index contributed by atoms with van der Waals surface area (Å²) in [5.74, 6) is 3.42. The van der Waals surface area contributed by atoms with Crippen molar-refractivity contribution in [3.63, 3.8) is 0 Å². The Hall–Kier alpha value is -0.380. The summed E-state index contributed by atoms with van der Waals surface area (Å²) in [5.41, 5.74) is 0. The number of guanidine groups is 1. The van der Waals surface area contributed by atoms with Crippen LogP contribution in [0.25, 0.3) is 0 Å². The summed E-state index contributed by atoms with van der Waals surface area (Å²) in [4.78, 5) is 7.05. The van der Waals surface area contributed by atoms with Crippen LogP contribution in [0.3, 0.4) is 0 Å². The number of hydrogen-bond donors (Lipinski definition) is 1. The van der Waals surface area contributed by atoms with E-state index in [9.17, 15) is 0 Å². The molecule has 4 heteroatoms. The van der Waals surface area contributed by atoms with Gasteiger partial charge in [0, 0.05) is 37.2 Å². The number of nitrogens with zero attached hydrogens (tertiary/aromatic N) is 2. The first kappa shape index (κ1) is 14.6. The standard InChI is InChI=1S/C16H29N3S/c1-17-15(18-10-7-14-5-6-14)19-11-12-20-16(13-19)8-3-2-4-9-16/h14H,2-13H2,1H3,(H,17,18). The van der Waals surface area contributed by atoms with Crippen LogP contribution in [-0.2, 0) is 0 Å². The van der Waals surface area contributed by atoms with Gasteiger partial charge in [-0.1, -0.05) is 32.1 Å². The molecule has 114 valence electrons. The van der Waals surface area contributed by atoms with E-state index in [4.69, 9.17) is 0 Å². The van der Waals surface area contributed by atoms with E-state index in [0.717, 1.165) is 25.0 Å². The van der Waals surface area contributed by atoms with Gasteiger partial charge in [0.05, 0.1) is 0 Å². The fraction of sp³-hybridized carbons (Fsp3) is 0.938. The third-order valence-electron chi connectivity index (χ3n) is 5.06. The number of aliphatic imine (C=N–C) groups is 1. The highest BCUT2D eigenvalue weighted by atomic mass is 32.2. The van der Waals surface area contributed by atoms with Gasteiger partial charge in [0.25, 0.3) is 0 Å². The van der Waals surface area contributed by atoms with Gasteiger partial charge in [0.1, 0.15) is 0 Å². The molecule has 0 unspecified atom stereocenters. The van der Waals surface area contributed by atoms with Crippen molar-refractivity contribution in [1.82, 2.24) is 10.2 Å². The zero-order valence-corrected chi connectivity index (χ0v) is 13.7. The maximum Gasteiger partial charge on any atom is 0.193 e. The average Bonchev–Trinajstić information content (AvgIpc) is 3.29. The van der Waals surface area contributed by atoms with Gasteiger partial charge in [-0.05, 0) is 25.2 Å². The highest BCUT2D eigenvalue weighted by Crippen LogP contribution is 2.42. The molecule has 0 aromatic carbocycles. The second kappa shape index (κ2) is 6.59. The van der Waals surface area contributed by atoms with Crippen molar-refractivity contribution in [3.05, 3.63) is 0 Å². The predicted octanol–water partition coefficient (Wildman–Crippen LogP) is 3.11. The van der Waals surface area contributed by atoms with Crippen molar-refractivity contribution < 1.29 is 0 Å². The molecule has 0 amide bonds. The Bertz CT molecular complexity index is 340. The Balaban J connectivity index is 1.53. The summed E-state index contributed by atoms with van der Waals surface area (Å²) >= 11 is 2.23. The molecule has 2 aliphatic carbocycles. The first-order chi connectivity index (χ1) is 9.81. The van der Waals surface area contributed by atoms with Crippen molar-refractivity contribution in [2.75, 3.05) is 32.4 Å². The molecule has 0 bridgehead atoms. The van der Waals surface area contributed by atoms with Crippen LogP contribution >= 0.6 is 11.8 Å². The topological polar surface area (TPSA) is 27.6 Å². The summed E-state index contributed by atoms with van der Waals surface area (Å²) in [5, 5.41) is 3.60. The molecule has 1 N–H and O–H groups in total. The molecule has 3 nitrogen and oxygen atoms in total. The molecule has 0 radical (unpaired) electrons. The summed E-state index contributed by atoms with van der Waals surface area (Å²) in [6.45, 7) is 3.48. The third-order valence-corrected chi connectivity index (χ3v) is 6.59. The molecular weight excluding hydrogens is 266 g/mol. The van der Waals surface area contributed by atoms with Gasteiger partial charge >= 0.3 is 0 Å². The van der Waals surface area contributed by atoms with Crippen LogP contribution in [0.4, 0.5) is 0 Å². The molecule has 0 aromatic heterocycles. The fourth-order valence-electron chi connectivity index (χ4n) is 3.65. The zero-order chi connectivity index (χ0) is 13.8. The molecule has 20 heavy (non-hydrogen) atoms. The lowest BCUT2D eigenvalue weighted by molar-refractivity contribution is 0.293. The molecule has 1 heterocycles. The summed E-state index contributed by atoms with van der Waals surface area (Å²) in [7, 11) is 1.94.